The van der Waals surface area contributed by atoms with E-state index >= 15 is 0 Å². The molecule has 0 fully saturated rings. The first-order valence-electron chi connectivity index (χ1n) is 6.67. The molecule has 3 aromatic heterocycles. The summed E-state index contributed by atoms with van der Waals surface area (Å²) in [6, 6.07) is 8.08. The van der Waals surface area contributed by atoms with Crippen LogP contribution in [-0.4, -0.2) is 19.9 Å². The van der Waals surface area contributed by atoms with E-state index in [0.717, 1.165) is 32.5 Å². The largest absolute Gasteiger partial charge is 0.375 e. The number of rotatable bonds is 2. The lowest BCUT2D eigenvalue weighted by Gasteiger charge is -2.06. The SMILES string of the molecule is Nc1nc2cc(-c3cccnc3)cc(-c3cncnc3)c2s1. The zero-order valence-electron chi connectivity index (χ0n) is 11.5. The van der Waals surface area contributed by atoms with Gasteiger partial charge in [0.1, 0.15) is 6.33 Å². The van der Waals surface area contributed by atoms with Crippen LogP contribution in [0.5, 0.6) is 0 Å². The number of hydrogen-bond donors (Lipinski definition) is 1. The van der Waals surface area contributed by atoms with Crippen molar-refractivity contribution >= 4 is 26.7 Å². The molecule has 0 aliphatic rings. The summed E-state index contributed by atoms with van der Waals surface area (Å²) in [4.78, 5) is 16.8. The summed E-state index contributed by atoms with van der Waals surface area (Å²) in [5, 5.41) is 0.552. The number of pyridine rings is 1. The van der Waals surface area contributed by atoms with E-state index in [-0.39, 0.29) is 0 Å². The van der Waals surface area contributed by atoms with Crippen molar-refractivity contribution in [2.75, 3.05) is 5.73 Å². The van der Waals surface area contributed by atoms with E-state index in [2.05, 4.69) is 26.0 Å². The van der Waals surface area contributed by atoms with Gasteiger partial charge in [-0.3, -0.25) is 4.98 Å². The predicted molar refractivity (Wildman–Crippen MR) is 88.3 cm³/mol. The predicted octanol–water partition coefficient (Wildman–Crippen LogP) is 3.40. The van der Waals surface area contributed by atoms with Gasteiger partial charge in [0.2, 0.25) is 0 Å². The molecule has 4 aromatic rings. The van der Waals surface area contributed by atoms with Gasteiger partial charge in [0, 0.05) is 41.5 Å². The molecule has 0 amide bonds. The summed E-state index contributed by atoms with van der Waals surface area (Å²) >= 11 is 1.47. The Bertz CT molecular complexity index is 935. The van der Waals surface area contributed by atoms with Crippen LogP contribution in [0.25, 0.3) is 32.5 Å². The summed E-state index contributed by atoms with van der Waals surface area (Å²) in [5.74, 6) is 0. The molecule has 5 nitrogen and oxygen atoms in total. The van der Waals surface area contributed by atoms with Crippen LogP contribution in [0.1, 0.15) is 0 Å². The van der Waals surface area contributed by atoms with Crippen molar-refractivity contribution < 1.29 is 0 Å². The third kappa shape index (κ3) is 2.19. The Kier molecular flexibility index (Phi) is 3.01. The summed E-state index contributed by atoms with van der Waals surface area (Å²) in [5.41, 5.74) is 10.8. The van der Waals surface area contributed by atoms with E-state index in [9.17, 15) is 0 Å². The molecular weight excluding hydrogens is 294 g/mol. The number of nitrogens with zero attached hydrogens (tertiary/aromatic N) is 4. The van der Waals surface area contributed by atoms with Crippen molar-refractivity contribution in [2.24, 2.45) is 0 Å². The van der Waals surface area contributed by atoms with Gasteiger partial charge in [-0.05, 0) is 23.8 Å². The molecule has 0 saturated heterocycles. The van der Waals surface area contributed by atoms with Crippen molar-refractivity contribution in [3.8, 4) is 22.3 Å². The smallest absolute Gasteiger partial charge is 0.181 e. The van der Waals surface area contributed by atoms with Crippen LogP contribution in [0, 0.1) is 0 Å². The molecule has 6 heteroatoms. The van der Waals surface area contributed by atoms with Crippen LogP contribution in [0.3, 0.4) is 0 Å². The first-order valence-corrected chi connectivity index (χ1v) is 7.49. The second kappa shape index (κ2) is 5.16. The Morgan fingerprint density at radius 2 is 1.73 bits per heavy atom. The normalized spacial score (nSPS) is 10.9. The van der Waals surface area contributed by atoms with Crippen LogP contribution in [-0.2, 0) is 0 Å². The fourth-order valence-corrected chi connectivity index (χ4v) is 3.25. The molecule has 0 aliphatic carbocycles. The van der Waals surface area contributed by atoms with E-state index in [1.807, 2.05) is 24.4 Å². The van der Waals surface area contributed by atoms with Crippen LogP contribution in [0.4, 0.5) is 5.13 Å². The third-order valence-electron chi connectivity index (χ3n) is 3.37. The average Bonchev–Trinajstić information content (AvgIpc) is 2.95. The maximum absolute atomic E-state index is 5.89. The third-order valence-corrected chi connectivity index (χ3v) is 4.31. The van der Waals surface area contributed by atoms with E-state index in [4.69, 9.17) is 5.73 Å². The lowest BCUT2D eigenvalue weighted by Crippen LogP contribution is -1.86. The molecule has 0 spiro atoms. The van der Waals surface area contributed by atoms with Gasteiger partial charge in [-0.15, -0.1) is 0 Å². The van der Waals surface area contributed by atoms with E-state index in [1.165, 1.54) is 17.7 Å². The minimum atomic E-state index is 0.552. The van der Waals surface area contributed by atoms with Crippen molar-refractivity contribution in [1.29, 1.82) is 0 Å². The van der Waals surface area contributed by atoms with Gasteiger partial charge in [-0.2, -0.15) is 0 Å². The van der Waals surface area contributed by atoms with Gasteiger partial charge in [-0.1, -0.05) is 17.4 Å². The molecule has 1 aromatic carbocycles. The molecule has 0 radical (unpaired) electrons. The fourth-order valence-electron chi connectivity index (χ4n) is 2.40. The molecular formula is C16H11N5S. The number of anilines is 1. The Labute approximate surface area is 130 Å². The zero-order chi connectivity index (χ0) is 14.9. The molecule has 0 saturated carbocycles. The Hall–Kier alpha value is -2.86. The molecule has 0 aliphatic heterocycles. The van der Waals surface area contributed by atoms with Gasteiger partial charge in [0.25, 0.3) is 0 Å². The second-order valence-electron chi connectivity index (χ2n) is 4.79. The van der Waals surface area contributed by atoms with Gasteiger partial charge in [0.05, 0.1) is 10.2 Å². The molecule has 22 heavy (non-hydrogen) atoms. The minimum Gasteiger partial charge on any atom is -0.375 e. The Balaban J connectivity index is 2.02. The van der Waals surface area contributed by atoms with Crippen LogP contribution >= 0.6 is 11.3 Å². The van der Waals surface area contributed by atoms with Crippen molar-refractivity contribution in [3.05, 3.63) is 55.4 Å². The van der Waals surface area contributed by atoms with Crippen molar-refractivity contribution in [2.45, 2.75) is 0 Å². The quantitative estimate of drug-likeness (QED) is 0.614. The summed E-state index contributed by atoms with van der Waals surface area (Å²) in [7, 11) is 0. The molecule has 4 rings (SSSR count). The second-order valence-corrected chi connectivity index (χ2v) is 5.82. The number of thiazole rings is 1. The highest BCUT2D eigenvalue weighted by Gasteiger charge is 2.12. The number of benzene rings is 1. The number of hydrogen-bond acceptors (Lipinski definition) is 6. The van der Waals surface area contributed by atoms with Gasteiger partial charge < -0.3 is 5.73 Å². The summed E-state index contributed by atoms with van der Waals surface area (Å²) in [6.07, 6.45) is 8.71. The zero-order valence-corrected chi connectivity index (χ0v) is 12.3. The number of nitrogen functional groups attached to an aromatic ring is 1. The van der Waals surface area contributed by atoms with Gasteiger partial charge >= 0.3 is 0 Å². The van der Waals surface area contributed by atoms with Crippen LogP contribution in [0.15, 0.2) is 55.4 Å². The van der Waals surface area contributed by atoms with E-state index in [1.54, 1.807) is 18.6 Å². The van der Waals surface area contributed by atoms with Crippen molar-refractivity contribution in [1.82, 2.24) is 19.9 Å². The van der Waals surface area contributed by atoms with E-state index < -0.39 is 0 Å². The highest BCUT2D eigenvalue weighted by molar-refractivity contribution is 7.22. The molecule has 2 N–H and O–H groups in total. The average molecular weight is 305 g/mol. The highest BCUT2D eigenvalue weighted by Crippen LogP contribution is 2.37. The lowest BCUT2D eigenvalue weighted by atomic mass is 10.0. The summed E-state index contributed by atoms with van der Waals surface area (Å²) < 4.78 is 1.04. The number of fused-ring (bicyclic) bond motifs is 1. The molecule has 0 atom stereocenters. The van der Waals surface area contributed by atoms with Crippen LogP contribution in [0.2, 0.25) is 0 Å². The maximum Gasteiger partial charge on any atom is 0.181 e. The number of aromatic nitrogens is 4. The Morgan fingerprint density at radius 3 is 2.50 bits per heavy atom. The Morgan fingerprint density at radius 1 is 0.909 bits per heavy atom. The highest BCUT2D eigenvalue weighted by atomic mass is 32.1. The molecule has 106 valence electrons. The lowest BCUT2D eigenvalue weighted by molar-refractivity contribution is 1.17. The van der Waals surface area contributed by atoms with Gasteiger partial charge in [-0.25, -0.2) is 15.0 Å². The first kappa shape index (κ1) is 12.8. The fraction of sp³-hybridized carbons (Fsp3) is 0. The van der Waals surface area contributed by atoms with Gasteiger partial charge in [0.15, 0.2) is 5.13 Å². The molecule has 3 heterocycles. The first-order chi connectivity index (χ1) is 10.8. The molecule has 0 bridgehead atoms. The summed E-state index contributed by atoms with van der Waals surface area (Å²) in [6.45, 7) is 0. The minimum absolute atomic E-state index is 0.552. The standard InChI is InChI=1S/C16H11N5S/c17-16-21-14-5-11(10-2-1-3-18-6-10)4-13(15(14)22-16)12-7-19-9-20-8-12/h1-9H,(H2,17,21). The van der Waals surface area contributed by atoms with E-state index in [0.29, 0.717) is 5.13 Å². The number of nitrogens with two attached hydrogens (primary N) is 1. The van der Waals surface area contributed by atoms with Crippen LogP contribution < -0.4 is 5.73 Å². The maximum atomic E-state index is 5.89. The topological polar surface area (TPSA) is 77.6 Å². The van der Waals surface area contributed by atoms with Crippen molar-refractivity contribution in [3.63, 3.8) is 0 Å². The molecule has 0 unspecified atom stereocenters. The monoisotopic (exact) mass is 305 g/mol.